The molecule has 2 heterocycles. The predicted molar refractivity (Wildman–Crippen MR) is 216 cm³/mol. The van der Waals surface area contributed by atoms with Gasteiger partial charge in [-0.1, -0.05) is 133 Å². The van der Waals surface area contributed by atoms with Crippen LogP contribution in [0.2, 0.25) is 0 Å². The Morgan fingerprint density at radius 3 is 1.86 bits per heavy atom. The molecular weight excluding hydrogens is 625 g/mol. The van der Waals surface area contributed by atoms with Crippen molar-refractivity contribution in [2.45, 2.75) is 12.8 Å². The largest absolute Gasteiger partial charge is 0.455 e. The normalized spacial score (nSPS) is 13.5. The van der Waals surface area contributed by atoms with Crippen LogP contribution in [0.15, 0.2) is 162 Å². The number of hydrogen-bond acceptors (Lipinski definition) is 2. The van der Waals surface area contributed by atoms with E-state index < -0.39 is 0 Å². The van der Waals surface area contributed by atoms with Crippen molar-refractivity contribution < 1.29 is 4.42 Å². The second-order valence-electron chi connectivity index (χ2n) is 13.4. The number of furan rings is 1. The second-order valence-corrected chi connectivity index (χ2v) is 14.5. The van der Waals surface area contributed by atoms with E-state index in [0.29, 0.717) is 0 Å². The first-order valence-electron chi connectivity index (χ1n) is 17.4. The van der Waals surface area contributed by atoms with E-state index in [2.05, 4.69) is 158 Å². The first-order chi connectivity index (χ1) is 24.8. The Morgan fingerprint density at radius 1 is 0.480 bits per heavy atom. The van der Waals surface area contributed by atoms with Crippen molar-refractivity contribution in [3.05, 3.63) is 163 Å². The molecule has 50 heavy (non-hydrogen) atoms. The van der Waals surface area contributed by atoms with Gasteiger partial charge in [0.2, 0.25) is 0 Å². The van der Waals surface area contributed by atoms with Crippen LogP contribution in [-0.4, -0.2) is 0 Å². The molecule has 2 aromatic heterocycles. The molecule has 0 N–H and O–H groups in total. The molecule has 11 rings (SSSR count). The maximum atomic E-state index is 6.85. The Morgan fingerprint density at radius 2 is 1.12 bits per heavy atom. The molecule has 2 heteroatoms. The highest BCUT2D eigenvalue weighted by Gasteiger charge is 2.21. The third-order valence-electron chi connectivity index (χ3n) is 10.7. The molecule has 0 unspecified atom stereocenters. The van der Waals surface area contributed by atoms with Crippen molar-refractivity contribution in [3.63, 3.8) is 0 Å². The van der Waals surface area contributed by atoms with Gasteiger partial charge in [-0.15, -0.1) is 11.3 Å². The van der Waals surface area contributed by atoms with Gasteiger partial charge in [0, 0.05) is 41.7 Å². The molecule has 1 aliphatic carbocycles. The molecule has 0 spiro atoms. The lowest BCUT2D eigenvalue weighted by molar-refractivity contribution is 0.673. The van der Waals surface area contributed by atoms with E-state index in [4.69, 9.17) is 4.42 Å². The number of rotatable bonds is 3. The number of allylic oxidation sites excluding steroid dienone is 4. The summed E-state index contributed by atoms with van der Waals surface area (Å²) in [5.41, 5.74) is 9.52. The van der Waals surface area contributed by atoms with E-state index in [1.165, 1.54) is 91.1 Å². The monoisotopic (exact) mass is 654 g/mol. The Bertz CT molecular complexity index is 3040. The summed E-state index contributed by atoms with van der Waals surface area (Å²) in [7, 11) is 0. The van der Waals surface area contributed by atoms with Crippen molar-refractivity contribution in [2.24, 2.45) is 0 Å². The molecule has 0 saturated carbocycles. The summed E-state index contributed by atoms with van der Waals surface area (Å²) >= 11 is 1.88. The summed E-state index contributed by atoms with van der Waals surface area (Å²) in [6.45, 7) is 0. The fraction of sp³-hybridized carbons (Fsp3) is 0.0417. The lowest BCUT2D eigenvalue weighted by Gasteiger charge is -2.20. The van der Waals surface area contributed by atoms with Crippen LogP contribution in [0.25, 0.3) is 102 Å². The Kier molecular flexibility index (Phi) is 6.02. The van der Waals surface area contributed by atoms with Crippen molar-refractivity contribution >= 4 is 91.3 Å². The summed E-state index contributed by atoms with van der Waals surface area (Å²) in [6, 6.07) is 51.2. The summed E-state index contributed by atoms with van der Waals surface area (Å²) in [6.07, 6.45) is 8.93. The highest BCUT2D eigenvalue weighted by molar-refractivity contribution is 7.27. The SMILES string of the molecule is C1=CCCC(c2c3ccccc3c(-c3cccc(-c4ccc5c(c4)oc4c6ccccc6c6sc7ccccc7c6c54)c3)c3ccccc23)=C1. The van der Waals surface area contributed by atoms with Gasteiger partial charge in [0.15, 0.2) is 0 Å². The Hall–Kier alpha value is -5.96. The van der Waals surface area contributed by atoms with Crippen molar-refractivity contribution in [3.8, 4) is 22.3 Å². The standard InChI is InChI=1S/C48H30OS/c1-2-13-29(14-3-1)43-33-17-4-6-19-35(33)44(36-20-7-5-18-34(36)43)32-16-12-15-30(27-32)31-25-26-39-41(28-31)49-47-37-21-8-9-22-38(37)48-46(45(39)47)40-23-10-11-24-42(40)50-48/h1-2,4-13,15-28H,3,14H2. The van der Waals surface area contributed by atoms with Crippen LogP contribution in [0.4, 0.5) is 0 Å². The van der Waals surface area contributed by atoms with Crippen molar-refractivity contribution in [1.82, 2.24) is 0 Å². The van der Waals surface area contributed by atoms with Gasteiger partial charge in [-0.3, -0.25) is 0 Å². The van der Waals surface area contributed by atoms with Gasteiger partial charge in [-0.25, -0.2) is 0 Å². The van der Waals surface area contributed by atoms with E-state index in [9.17, 15) is 0 Å². The van der Waals surface area contributed by atoms with Crippen molar-refractivity contribution in [2.75, 3.05) is 0 Å². The van der Waals surface area contributed by atoms with Crippen LogP contribution < -0.4 is 0 Å². The van der Waals surface area contributed by atoms with Gasteiger partial charge in [0.1, 0.15) is 11.2 Å². The topological polar surface area (TPSA) is 13.1 Å². The van der Waals surface area contributed by atoms with Crippen LogP contribution in [0.1, 0.15) is 18.4 Å². The smallest absolute Gasteiger partial charge is 0.143 e. The summed E-state index contributed by atoms with van der Waals surface area (Å²) in [4.78, 5) is 0. The Labute approximate surface area is 293 Å². The van der Waals surface area contributed by atoms with E-state index in [-0.39, 0.29) is 0 Å². The van der Waals surface area contributed by atoms with Crippen molar-refractivity contribution in [1.29, 1.82) is 0 Å². The Balaban J connectivity index is 1.13. The van der Waals surface area contributed by atoms with E-state index in [1.54, 1.807) is 0 Å². The average Bonchev–Trinajstić information content (AvgIpc) is 3.76. The molecule has 8 aromatic carbocycles. The van der Waals surface area contributed by atoms with E-state index in [0.717, 1.165) is 29.6 Å². The van der Waals surface area contributed by atoms with E-state index in [1.807, 2.05) is 11.3 Å². The minimum atomic E-state index is 0.922. The molecule has 0 saturated heterocycles. The third-order valence-corrected chi connectivity index (χ3v) is 11.9. The number of thiophene rings is 1. The molecule has 1 aliphatic rings. The third kappa shape index (κ3) is 4.00. The summed E-state index contributed by atoms with van der Waals surface area (Å²) < 4.78 is 9.49. The van der Waals surface area contributed by atoms with Gasteiger partial charge in [-0.2, -0.15) is 0 Å². The highest BCUT2D eigenvalue weighted by Crippen LogP contribution is 2.48. The molecule has 0 atom stereocenters. The molecule has 0 amide bonds. The first-order valence-corrected chi connectivity index (χ1v) is 18.2. The molecule has 0 radical (unpaired) electrons. The van der Waals surface area contributed by atoms with Gasteiger partial charge >= 0.3 is 0 Å². The second kappa shape index (κ2) is 10.8. The van der Waals surface area contributed by atoms with Crippen LogP contribution >= 0.6 is 11.3 Å². The van der Waals surface area contributed by atoms with Gasteiger partial charge in [-0.05, 0) is 92.0 Å². The molecule has 0 aliphatic heterocycles. The van der Waals surface area contributed by atoms with Crippen LogP contribution in [0.3, 0.4) is 0 Å². The molecular formula is C48H30OS. The van der Waals surface area contributed by atoms with Gasteiger partial charge in [0.05, 0.1) is 0 Å². The lowest BCUT2D eigenvalue weighted by Crippen LogP contribution is -1.95. The quantitative estimate of drug-likeness (QED) is 0.173. The number of benzene rings is 8. The molecule has 0 fully saturated rings. The van der Waals surface area contributed by atoms with E-state index >= 15 is 0 Å². The number of fused-ring (bicyclic) bond motifs is 12. The highest BCUT2D eigenvalue weighted by atomic mass is 32.1. The maximum absolute atomic E-state index is 6.85. The fourth-order valence-corrected chi connectivity index (χ4v) is 9.78. The zero-order valence-corrected chi connectivity index (χ0v) is 28.1. The maximum Gasteiger partial charge on any atom is 0.143 e. The zero-order chi connectivity index (χ0) is 32.8. The first kappa shape index (κ1) is 27.9. The number of hydrogen-bond donors (Lipinski definition) is 0. The molecule has 1 nitrogen and oxygen atoms in total. The predicted octanol–water partition coefficient (Wildman–Crippen LogP) is 14.5. The summed E-state index contributed by atoms with van der Waals surface area (Å²) in [5.74, 6) is 0. The zero-order valence-electron chi connectivity index (χ0n) is 27.2. The minimum absolute atomic E-state index is 0.922. The van der Waals surface area contributed by atoms with Gasteiger partial charge < -0.3 is 4.42 Å². The molecule has 234 valence electrons. The van der Waals surface area contributed by atoms with Gasteiger partial charge in [0.25, 0.3) is 0 Å². The minimum Gasteiger partial charge on any atom is -0.455 e. The fourth-order valence-electron chi connectivity index (χ4n) is 8.53. The average molecular weight is 655 g/mol. The van der Waals surface area contributed by atoms with Crippen LogP contribution in [0.5, 0.6) is 0 Å². The molecule has 0 bridgehead atoms. The van der Waals surface area contributed by atoms with Crippen LogP contribution in [0, 0.1) is 0 Å². The van der Waals surface area contributed by atoms with Crippen LogP contribution in [-0.2, 0) is 0 Å². The molecule has 10 aromatic rings. The lowest BCUT2D eigenvalue weighted by atomic mass is 9.83. The summed E-state index contributed by atoms with van der Waals surface area (Å²) in [5, 5.41) is 12.6.